The molecule has 0 atom stereocenters. The molecule has 0 amide bonds. The highest BCUT2D eigenvalue weighted by atomic mass is 15.1. The molecule has 5 aromatic rings. The fourth-order valence-electron chi connectivity index (χ4n) is 3.66. The summed E-state index contributed by atoms with van der Waals surface area (Å²) in [5.74, 6) is 0.687. The number of aromatic nitrogens is 6. The molecule has 4 heterocycles. The first-order valence-electron chi connectivity index (χ1n) is 9.98. The third-order valence-electron chi connectivity index (χ3n) is 5.18. The Balaban J connectivity index is 1.65. The number of hydrogen-bond acceptors (Lipinski definition) is 4. The number of rotatable bonds is 5. The highest BCUT2D eigenvalue weighted by molar-refractivity contribution is 5.97. The summed E-state index contributed by atoms with van der Waals surface area (Å²) in [4.78, 5) is 17.0. The molecule has 0 spiro atoms. The number of benzene rings is 1. The Morgan fingerprint density at radius 2 is 2.03 bits per heavy atom. The Morgan fingerprint density at radius 1 is 1.10 bits per heavy atom. The summed E-state index contributed by atoms with van der Waals surface area (Å²) < 4.78 is 0. The topological polar surface area (TPSA) is 83.1 Å². The van der Waals surface area contributed by atoms with E-state index in [9.17, 15) is 0 Å². The Morgan fingerprint density at radius 3 is 2.84 bits per heavy atom. The van der Waals surface area contributed by atoms with E-state index in [0.29, 0.717) is 5.82 Å². The molecule has 6 nitrogen and oxygen atoms in total. The van der Waals surface area contributed by atoms with Crippen LogP contribution in [-0.4, -0.2) is 30.1 Å². The zero-order chi connectivity index (χ0) is 21.2. The number of H-pyrrole nitrogens is 2. The Kier molecular flexibility index (Phi) is 4.72. The third-order valence-corrected chi connectivity index (χ3v) is 5.18. The van der Waals surface area contributed by atoms with Crippen molar-refractivity contribution < 1.29 is 0 Å². The van der Waals surface area contributed by atoms with Crippen molar-refractivity contribution >= 4 is 27.5 Å². The molecular weight excluding hydrogens is 384 g/mol. The van der Waals surface area contributed by atoms with Crippen molar-refractivity contribution in [2.24, 2.45) is 0 Å². The van der Waals surface area contributed by atoms with E-state index in [4.69, 9.17) is 4.98 Å². The Labute approximate surface area is 179 Å². The predicted octanol–water partition coefficient (Wildman–Crippen LogP) is 5.71. The minimum atomic E-state index is 0.687. The lowest BCUT2D eigenvalue weighted by Crippen LogP contribution is -1.86. The molecule has 6 heteroatoms. The van der Waals surface area contributed by atoms with Gasteiger partial charge in [-0.25, -0.2) is 4.98 Å². The van der Waals surface area contributed by atoms with Gasteiger partial charge in [-0.3, -0.25) is 15.1 Å². The van der Waals surface area contributed by atoms with Crippen LogP contribution in [0, 0.1) is 0 Å². The van der Waals surface area contributed by atoms with Crippen molar-refractivity contribution in [1.29, 1.82) is 0 Å². The van der Waals surface area contributed by atoms with Gasteiger partial charge < -0.3 is 4.98 Å². The van der Waals surface area contributed by atoms with Crippen LogP contribution in [0.25, 0.3) is 50.3 Å². The van der Waals surface area contributed by atoms with E-state index in [2.05, 4.69) is 49.9 Å². The van der Waals surface area contributed by atoms with E-state index in [0.717, 1.165) is 50.0 Å². The fourth-order valence-corrected chi connectivity index (χ4v) is 3.66. The van der Waals surface area contributed by atoms with Crippen LogP contribution >= 0.6 is 0 Å². The van der Waals surface area contributed by atoms with Gasteiger partial charge in [-0.1, -0.05) is 43.0 Å². The van der Waals surface area contributed by atoms with Crippen molar-refractivity contribution in [3.05, 3.63) is 91.4 Å². The second kappa shape index (κ2) is 7.84. The van der Waals surface area contributed by atoms with Crippen LogP contribution in [0.2, 0.25) is 0 Å². The maximum Gasteiger partial charge on any atom is 0.159 e. The minimum absolute atomic E-state index is 0.687. The van der Waals surface area contributed by atoms with E-state index in [1.165, 1.54) is 0 Å². The molecular formula is C25H20N6. The standard InChI is InChI=1S/C25H20N6/c1-3-5-8-16(4-2)17-10-11-21-18(13-17)24(31-30-21)25-28-22-15-26-14-19(23(22)29-25)20-9-6-7-12-27-20/h3-15H,1H2,2H3,(H,28,29)(H,30,31)/b8-5-,16-4+. The van der Waals surface area contributed by atoms with E-state index in [-0.39, 0.29) is 0 Å². The van der Waals surface area contributed by atoms with Crippen LogP contribution in [0.4, 0.5) is 0 Å². The second-order valence-corrected chi connectivity index (χ2v) is 7.06. The maximum absolute atomic E-state index is 4.87. The van der Waals surface area contributed by atoms with Crippen molar-refractivity contribution in [1.82, 2.24) is 30.1 Å². The van der Waals surface area contributed by atoms with E-state index in [1.54, 1.807) is 24.7 Å². The number of fused-ring (bicyclic) bond motifs is 2. The molecule has 1 aromatic carbocycles. The summed E-state index contributed by atoms with van der Waals surface area (Å²) in [6, 6.07) is 12.0. The van der Waals surface area contributed by atoms with Crippen molar-refractivity contribution in [2.45, 2.75) is 6.92 Å². The predicted molar refractivity (Wildman–Crippen MR) is 125 cm³/mol. The molecule has 0 bridgehead atoms. The second-order valence-electron chi connectivity index (χ2n) is 7.06. The average Bonchev–Trinajstić information content (AvgIpc) is 3.43. The normalized spacial score (nSPS) is 12.2. The van der Waals surface area contributed by atoms with E-state index in [1.807, 2.05) is 43.3 Å². The number of pyridine rings is 2. The molecule has 0 fully saturated rings. The zero-order valence-electron chi connectivity index (χ0n) is 17.0. The van der Waals surface area contributed by atoms with Crippen LogP contribution in [-0.2, 0) is 0 Å². The summed E-state index contributed by atoms with van der Waals surface area (Å²) >= 11 is 0. The summed E-state index contributed by atoms with van der Waals surface area (Å²) in [6.45, 7) is 5.78. The average molecular weight is 404 g/mol. The summed E-state index contributed by atoms with van der Waals surface area (Å²) in [5.41, 5.74) is 7.30. The molecule has 150 valence electrons. The van der Waals surface area contributed by atoms with Crippen LogP contribution in [0.3, 0.4) is 0 Å². The number of nitrogens with zero attached hydrogens (tertiary/aromatic N) is 4. The highest BCUT2D eigenvalue weighted by Gasteiger charge is 2.16. The van der Waals surface area contributed by atoms with Crippen LogP contribution in [0.5, 0.6) is 0 Å². The van der Waals surface area contributed by atoms with Gasteiger partial charge in [0, 0.05) is 23.3 Å². The van der Waals surface area contributed by atoms with Gasteiger partial charge in [0.2, 0.25) is 0 Å². The smallest absolute Gasteiger partial charge is 0.159 e. The quantitative estimate of drug-likeness (QED) is 0.368. The first-order chi connectivity index (χ1) is 15.3. The highest BCUT2D eigenvalue weighted by Crippen LogP contribution is 2.31. The molecule has 4 aromatic heterocycles. The SMILES string of the molecule is C=C/C=C\C(=C/C)c1ccc2[nH]nc(-c3nc4c(-c5ccccn5)cncc4[nH]3)c2c1. The summed E-state index contributed by atoms with van der Waals surface area (Å²) in [5, 5.41) is 8.65. The molecule has 5 rings (SSSR count). The Hall–Kier alpha value is -4.32. The van der Waals surface area contributed by atoms with Gasteiger partial charge >= 0.3 is 0 Å². The number of allylic oxidation sites excluding steroid dienone is 5. The van der Waals surface area contributed by atoms with Crippen LogP contribution < -0.4 is 0 Å². The van der Waals surface area contributed by atoms with Crippen LogP contribution in [0.1, 0.15) is 12.5 Å². The first-order valence-corrected chi connectivity index (χ1v) is 9.98. The summed E-state index contributed by atoms with van der Waals surface area (Å²) in [7, 11) is 0. The van der Waals surface area contributed by atoms with Crippen molar-refractivity contribution in [2.75, 3.05) is 0 Å². The lowest BCUT2D eigenvalue weighted by Gasteiger charge is -2.03. The van der Waals surface area contributed by atoms with Gasteiger partial charge in [0.25, 0.3) is 0 Å². The molecule has 0 aliphatic heterocycles. The molecule has 0 aliphatic carbocycles. The van der Waals surface area contributed by atoms with E-state index < -0.39 is 0 Å². The Bertz CT molecular complexity index is 1450. The zero-order valence-corrected chi connectivity index (χ0v) is 17.0. The van der Waals surface area contributed by atoms with Gasteiger partial charge in [0.1, 0.15) is 11.2 Å². The monoisotopic (exact) mass is 404 g/mol. The van der Waals surface area contributed by atoms with Gasteiger partial charge in [-0.15, -0.1) is 0 Å². The molecule has 0 saturated carbocycles. The number of aromatic amines is 2. The lowest BCUT2D eigenvalue weighted by molar-refractivity contribution is 1.11. The van der Waals surface area contributed by atoms with Gasteiger partial charge in [0.05, 0.1) is 22.9 Å². The van der Waals surface area contributed by atoms with E-state index >= 15 is 0 Å². The number of imidazole rings is 1. The lowest BCUT2D eigenvalue weighted by atomic mass is 10.0. The largest absolute Gasteiger partial charge is 0.335 e. The molecule has 0 aliphatic rings. The van der Waals surface area contributed by atoms with Gasteiger partial charge in [-0.2, -0.15) is 5.10 Å². The maximum atomic E-state index is 4.87. The van der Waals surface area contributed by atoms with Gasteiger partial charge in [-0.05, 0) is 42.3 Å². The van der Waals surface area contributed by atoms with Crippen LogP contribution in [0.15, 0.2) is 85.9 Å². The summed E-state index contributed by atoms with van der Waals surface area (Å²) in [6.07, 6.45) is 13.2. The molecule has 2 N–H and O–H groups in total. The molecule has 0 unspecified atom stereocenters. The minimum Gasteiger partial charge on any atom is -0.335 e. The first kappa shape index (κ1) is 18.7. The molecule has 31 heavy (non-hydrogen) atoms. The number of hydrogen-bond donors (Lipinski definition) is 2. The third kappa shape index (κ3) is 3.34. The molecule has 0 saturated heterocycles. The van der Waals surface area contributed by atoms with Crippen molar-refractivity contribution in [3.8, 4) is 22.8 Å². The number of nitrogens with one attached hydrogen (secondary N) is 2. The molecule has 0 radical (unpaired) electrons. The van der Waals surface area contributed by atoms with Gasteiger partial charge in [0.15, 0.2) is 5.82 Å². The fraction of sp³-hybridized carbons (Fsp3) is 0.0400. The van der Waals surface area contributed by atoms with Crippen molar-refractivity contribution in [3.63, 3.8) is 0 Å².